The molecule has 0 saturated carbocycles. The Kier molecular flexibility index (Phi) is 41.4. The lowest BCUT2D eigenvalue weighted by Gasteiger charge is -2.35. The molecule has 2 aromatic carbocycles. The first-order valence-corrected chi connectivity index (χ1v) is 43.6. The van der Waals surface area contributed by atoms with Crippen LogP contribution in [0.5, 0.6) is 0 Å². The van der Waals surface area contributed by atoms with Crippen molar-refractivity contribution < 1.29 is 86.9 Å². The number of nitrogens with one attached hydrogen (secondary N) is 14. The molecule has 0 bridgehead atoms. The highest BCUT2D eigenvalue weighted by molar-refractivity contribution is 8.00. The smallest absolute Gasteiger partial charge is 0.268 e. The first-order valence-electron chi connectivity index (χ1n) is 42.4. The predicted molar refractivity (Wildman–Crippen MR) is 468 cm³/mol. The van der Waals surface area contributed by atoms with Gasteiger partial charge in [-0.25, -0.2) is 4.98 Å². The van der Waals surface area contributed by atoms with Crippen LogP contribution in [0, 0.1) is 17.2 Å². The molecule has 0 radical (unpaired) electrons. The summed E-state index contributed by atoms with van der Waals surface area (Å²) >= 11 is 0.803. The van der Waals surface area contributed by atoms with Crippen molar-refractivity contribution in [3.63, 3.8) is 0 Å². The maximum Gasteiger partial charge on any atom is 0.268 e. The molecular weight excluding hydrogens is 1650 g/mol. The van der Waals surface area contributed by atoms with E-state index in [1.54, 1.807) is 95.4 Å². The zero-order valence-electron chi connectivity index (χ0n) is 73.5. The maximum absolute atomic E-state index is 15.3. The third-order valence-corrected chi connectivity index (χ3v) is 23.0. The van der Waals surface area contributed by atoms with E-state index in [-0.39, 0.29) is 95.3 Å². The molecule has 41 nitrogen and oxygen atoms in total. The van der Waals surface area contributed by atoms with Crippen molar-refractivity contribution in [1.82, 2.24) is 97.9 Å². The number of guanidine groups is 1. The van der Waals surface area contributed by atoms with Crippen molar-refractivity contribution in [2.24, 2.45) is 29.0 Å². The van der Waals surface area contributed by atoms with Crippen LogP contribution in [-0.4, -0.2) is 301 Å². The first kappa shape index (κ1) is 103. The van der Waals surface area contributed by atoms with Gasteiger partial charge in [-0.05, 0) is 80.9 Å². The van der Waals surface area contributed by atoms with Crippen molar-refractivity contribution in [2.45, 2.75) is 224 Å². The molecule has 126 heavy (non-hydrogen) atoms. The van der Waals surface area contributed by atoms with Crippen LogP contribution in [0.15, 0.2) is 85.1 Å². The number of hydrogen-bond acceptors (Lipinski definition) is 22. The number of unbranched alkanes of at least 4 members (excludes halogenated alkanes) is 2. The summed E-state index contributed by atoms with van der Waals surface area (Å²) in [5.74, 6) is -16.6. The maximum atomic E-state index is 15.3. The number of aromatic nitrogens is 3. The Morgan fingerprint density at radius 3 is 1.94 bits per heavy atom. The molecule has 0 aliphatic carbocycles. The number of carbonyl (C=O) groups excluding carboxylic acids is 16. The average Bonchev–Trinajstić information content (AvgIpc) is 1.51. The number of allylic oxidation sites excluding steroid dienone is 1. The first-order chi connectivity index (χ1) is 59.8. The highest BCUT2D eigenvalue weighted by atomic mass is 32.2. The molecule has 42 heteroatoms. The highest BCUT2D eigenvalue weighted by Gasteiger charge is 2.44. The van der Waals surface area contributed by atoms with Crippen molar-refractivity contribution in [3.05, 3.63) is 102 Å². The van der Waals surface area contributed by atoms with Crippen molar-refractivity contribution in [3.8, 4) is 0 Å². The van der Waals surface area contributed by atoms with Gasteiger partial charge in [-0.1, -0.05) is 122 Å². The highest BCUT2D eigenvalue weighted by Crippen LogP contribution is 2.25. The summed E-state index contributed by atoms with van der Waals surface area (Å²) in [5.41, 5.74) is 18.6. The number of nitrogens with two attached hydrogens (primary N) is 3. The lowest BCUT2D eigenvalue weighted by atomic mass is 9.96. The minimum Gasteiger partial charge on any atom is -0.394 e. The fourth-order valence-corrected chi connectivity index (χ4v) is 15.4. The van der Waals surface area contributed by atoms with Crippen molar-refractivity contribution in [2.75, 3.05) is 72.5 Å². The van der Waals surface area contributed by atoms with E-state index < -0.39 is 223 Å². The number of aliphatic hydroxyl groups excluding tert-OH is 2. The number of hydrogen-bond donors (Lipinski definition) is 19. The number of thioether (sulfide) groups is 1. The van der Waals surface area contributed by atoms with E-state index in [4.69, 9.17) is 22.6 Å². The molecular formula is C84H127N23O18S. The topological polar surface area (TPSA) is 608 Å². The second-order valence-electron chi connectivity index (χ2n) is 32.2. The standard InChI is InChI=1S/C84H127N23O18S/c1-12-15-29-63-77(119)96-55(28-22-32-90-84(87)88)73(115)101-62(72(114)92-41-67(86)110)44-126-45-69(112)95-59(35-50-24-18-17-19-25-50)80(122)104(9)49(7)71(113)98-60(38-66(85)109)81(123)107-33-23-31-64(107)78(120)97-57(37-52-40-89-46-93-52)75(117)99-58(34-47(4)5)79(121)103(8)42-68(111)94-56(36-51-39-91-54-27-21-20-26-53(51)54)74(116)100-61(43-108)76(118)102-70(48(6)14-3)83(125)106(11)65(30-16-13-2)82(124)105(63)10/h17-21,24-27,29,39-40,46-49,55-62,64-65,70-71,91,98,108,113H,12-16,22-23,28,30-38,41-45H2,1-11H3,(H2,85,109)(H2,86,110)(H,89,93)(H,92,114)(H,94,111)(H,95,112)(H,96,119)(H,97,120)(H,99,117)(H,100,116)(H,101,115)(H,102,118)(H4,87,88,90)/b63-29+/t48-,49-,55-,56-,57-,58-,59-,60-,61-,62-,64-,65-,70-,71?/m0/s1. The number of H-pyrrole nitrogens is 2. The molecule has 4 heterocycles. The zero-order chi connectivity index (χ0) is 93.2. The summed E-state index contributed by atoms with van der Waals surface area (Å²) in [7, 11) is 5.24. The van der Waals surface area contributed by atoms with Crippen molar-refractivity contribution >= 4 is 123 Å². The van der Waals surface area contributed by atoms with Gasteiger partial charge in [0, 0.05) is 95.3 Å². The third-order valence-electron chi connectivity index (χ3n) is 22.0. The monoisotopic (exact) mass is 1780 g/mol. The van der Waals surface area contributed by atoms with E-state index in [9.17, 15) is 72.5 Å². The second kappa shape index (κ2) is 50.8. The van der Waals surface area contributed by atoms with Crippen LogP contribution in [0.25, 0.3) is 10.9 Å². The number of imidazole rings is 1. The number of benzene rings is 2. The summed E-state index contributed by atoms with van der Waals surface area (Å²) in [4.78, 5) is 247. The van der Waals surface area contributed by atoms with Crippen LogP contribution in [0.4, 0.5) is 0 Å². The van der Waals surface area contributed by atoms with Crippen LogP contribution >= 0.6 is 11.8 Å². The number of likely N-dealkylation sites (N-methyl/N-ethyl adjacent to an activating group) is 4. The van der Waals surface area contributed by atoms with Gasteiger partial charge in [-0.2, -0.15) is 0 Å². The minimum absolute atomic E-state index is 0.00133. The molecule has 2 aliphatic heterocycles. The molecule has 22 N–H and O–H groups in total. The van der Waals surface area contributed by atoms with Gasteiger partial charge >= 0.3 is 0 Å². The number of rotatable bonds is 25. The van der Waals surface area contributed by atoms with E-state index in [1.807, 2.05) is 6.92 Å². The number of amides is 16. The Balaban J connectivity index is 1.43. The molecule has 2 fully saturated rings. The van der Waals surface area contributed by atoms with Crippen molar-refractivity contribution in [1.29, 1.82) is 5.41 Å². The van der Waals surface area contributed by atoms with Crippen LogP contribution in [0.2, 0.25) is 0 Å². The number of nitrogens with zero attached hydrogens (tertiary/aromatic N) is 6. The fraction of sp³-hybridized carbons (Fsp3) is 0.571. The SMILES string of the molecule is CCC/C=C1\C(=O)N[C@@H](CCCNC(=N)N)C(=O)N[C@H](C(=O)NCC(N)=O)CSCC(=O)N[C@@H](Cc2ccccc2)C(=O)N(C)[C@@H](C)C(O)N[C@@H](CC(N)=O)C(=O)N2CCC[C@H]2C(=O)N[C@@H](Cc2cnc[nH]2)C(=O)N[C@@H](CC(C)C)C(=O)N(C)CC(=O)N[C@@H](Cc2c[nH]c3ccccc23)C(=O)N[C@@H](CO)C(=O)N[C@@H]([C@@H](C)CC)C(=O)N(C)[C@@H](CCCC)C(=O)N1C. The van der Waals surface area contributed by atoms with Gasteiger partial charge in [0.15, 0.2) is 5.96 Å². The third kappa shape index (κ3) is 31.0. The van der Waals surface area contributed by atoms with E-state index in [1.165, 1.54) is 53.7 Å². The molecule has 692 valence electrons. The summed E-state index contributed by atoms with van der Waals surface area (Å²) in [6.07, 6.45) is 4.53. The Labute approximate surface area is 736 Å². The van der Waals surface area contributed by atoms with Gasteiger partial charge < -0.3 is 115 Å². The van der Waals surface area contributed by atoms with E-state index >= 15 is 14.4 Å². The summed E-state index contributed by atoms with van der Waals surface area (Å²) in [6, 6.07) is -2.13. The molecule has 2 aliphatic rings. The molecule has 16 amide bonds. The van der Waals surface area contributed by atoms with Crippen LogP contribution in [0.1, 0.15) is 142 Å². The number of aliphatic hydroxyl groups is 2. The zero-order valence-corrected chi connectivity index (χ0v) is 74.3. The number of carbonyl (C=O) groups is 16. The second-order valence-corrected chi connectivity index (χ2v) is 33.2. The molecule has 2 saturated heterocycles. The molecule has 0 spiro atoms. The van der Waals surface area contributed by atoms with Crippen LogP contribution < -0.4 is 75.7 Å². The van der Waals surface area contributed by atoms with Gasteiger partial charge in [0.1, 0.15) is 72.3 Å². The Hall–Kier alpha value is -12.1. The lowest BCUT2D eigenvalue weighted by molar-refractivity contribution is -0.146. The molecule has 14 atom stereocenters. The minimum atomic E-state index is -1.83. The number of primary amides is 2. The van der Waals surface area contributed by atoms with E-state index in [0.717, 1.165) is 36.3 Å². The molecule has 2 aromatic heterocycles. The quantitative estimate of drug-likeness (QED) is 0.0137. The number of para-hydroxylation sites is 1. The number of aromatic amines is 2. The fourth-order valence-electron chi connectivity index (χ4n) is 14.5. The predicted octanol–water partition coefficient (Wildman–Crippen LogP) is -2.90. The van der Waals surface area contributed by atoms with Crippen LogP contribution in [-0.2, 0) is 96.0 Å². The van der Waals surface area contributed by atoms with Gasteiger partial charge in [0.05, 0.1) is 50.3 Å². The van der Waals surface area contributed by atoms with Gasteiger partial charge in [-0.3, -0.25) is 87.4 Å². The lowest BCUT2D eigenvalue weighted by Crippen LogP contribution is -2.61. The summed E-state index contributed by atoms with van der Waals surface area (Å²) in [5, 5.41) is 60.5. The van der Waals surface area contributed by atoms with Gasteiger partial charge in [0.2, 0.25) is 88.6 Å². The Morgan fingerprint density at radius 2 is 1.31 bits per heavy atom. The molecule has 4 aromatic rings. The molecule has 6 rings (SSSR count). The number of fused-ring (bicyclic) bond motifs is 2. The van der Waals surface area contributed by atoms with Gasteiger partial charge in [0.25, 0.3) is 5.91 Å². The molecule has 1 unspecified atom stereocenters. The van der Waals surface area contributed by atoms with E-state index in [0.29, 0.717) is 47.0 Å². The Morgan fingerprint density at radius 1 is 0.659 bits per heavy atom. The average molecular weight is 1780 g/mol. The normalized spacial score (nSPS) is 24.7. The van der Waals surface area contributed by atoms with E-state index in [2.05, 4.69) is 73.4 Å². The largest absolute Gasteiger partial charge is 0.394 e. The summed E-state index contributed by atoms with van der Waals surface area (Å²) in [6.45, 7) is 9.47. The Bertz CT molecular complexity index is 4460. The van der Waals surface area contributed by atoms with Crippen LogP contribution in [0.3, 0.4) is 0 Å². The summed E-state index contributed by atoms with van der Waals surface area (Å²) < 4.78 is 0. The van der Waals surface area contributed by atoms with Gasteiger partial charge in [-0.15, -0.1) is 11.8 Å².